The van der Waals surface area contributed by atoms with E-state index in [1.807, 2.05) is 18.2 Å². The Kier molecular flexibility index (Phi) is 2.74. The molecule has 0 saturated heterocycles. The van der Waals surface area contributed by atoms with E-state index in [0.717, 1.165) is 16.8 Å². The van der Waals surface area contributed by atoms with E-state index in [1.54, 1.807) is 12.3 Å². The molecule has 0 aliphatic heterocycles. The van der Waals surface area contributed by atoms with Crippen molar-refractivity contribution in [3.8, 4) is 11.1 Å². The Hall–Kier alpha value is -1.74. The Morgan fingerprint density at radius 2 is 2.00 bits per heavy atom. The fourth-order valence-corrected chi connectivity index (χ4v) is 1.38. The Morgan fingerprint density at radius 1 is 1.13 bits per heavy atom. The molecule has 0 radical (unpaired) electrons. The molecule has 0 fully saturated rings. The summed E-state index contributed by atoms with van der Waals surface area (Å²) in [5, 5.41) is 0. The summed E-state index contributed by atoms with van der Waals surface area (Å²) in [6.45, 7) is 0.420. The van der Waals surface area contributed by atoms with E-state index >= 15 is 0 Å². The molecule has 0 aliphatic carbocycles. The summed E-state index contributed by atoms with van der Waals surface area (Å²) >= 11 is 0. The molecule has 3 heteroatoms. The average molecular weight is 202 g/mol. The molecule has 0 atom stereocenters. The second-order valence-corrected chi connectivity index (χ2v) is 3.25. The number of benzene rings is 1. The van der Waals surface area contributed by atoms with Gasteiger partial charge < -0.3 is 5.73 Å². The fourth-order valence-electron chi connectivity index (χ4n) is 1.38. The first kappa shape index (κ1) is 9.80. The van der Waals surface area contributed by atoms with Gasteiger partial charge >= 0.3 is 0 Å². The molecule has 76 valence electrons. The minimum absolute atomic E-state index is 0.240. The number of rotatable bonds is 2. The zero-order valence-corrected chi connectivity index (χ0v) is 8.15. The predicted octanol–water partition coefficient (Wildman–Crippen LogP) is 2.35. The maximum atomic E-state index is 13.0. The second-order valence-electron chi connectivity index (χ2n) is 3.25. The summed E-state index contributed by atoms with van der Waals surface area (Å²) in [5.41, 5.74) is 7.99. The molecule has 2 N–H and O–H groups in total. The van der Waals surface area contributed by atoms with E-state index in [2.05, 4.69) is 4.98 Å². The van der Waals surface area contributed by atoms with Gasteiger partial charge in [-0.1, -0.05) is 18.2 Å². The second kappa shape index (κ2) is 4.19. The van der Waals surface area contributed by atoms with Crippen LogP contribution >= 0.6 is 0 Å². The molecule has 1 aromatic carbocycles. The first-order valence-electron chi connectivity index (χ1n) is 4.70. The van der Waals surface area contributed by atoms with E-state index in [0.29, 0.717) is 6.54 Å². The Labute approximate surface area is 87.6 Å². The number of nitrogens with two attached hydrogens (primary N) is 1. The summed E-state index contributed by atoms with van der Waals surface area (Å²) in [6.07, 6.45) is 1.71. The summed E-state index contributed by atoms with van der Waals surface area (Å²) < 4.78 is 13.0. The zero-order chi connectivity index (χ0) is 10.7. The van der Waals surface area contributed by atoms with Crippen molar-refractivity contribution >= 4 is 0 Å². The van der Waals surface area contributed by atoms with Crippen LogP contribution in [0.5, 0.6) is 0 Å². The standard InChI is InChI=1S/C12H11FN2/c13-11-3-1-2-9(6-11)10-4-5-12(7-14)15-8-10/h1-6,8H,7,14H2. The third kappa shape index (κ3) is 2.19. The summed E-state index contributed by atoms with van der Waals surface area (Å²) in [6, 6.07) is 10.2. The molecular weight excluding hydrogens is 191 g/mol. The third-order valence-corrected chi connectivity index (χ3v) is 2.19. The van der Waals surface area contributed by atoms with E-state index < -0.39 is 0 Å². The maximum Gasteiger partial charge on any atom is 0.123 e. The lowest BCUT2D eigenvalue weighted by molar-refractivity contribution is 0.628. The van der Waals surface area contributed by atoms with Gasteiger partial charge in [0.25, 0.3) is 0 Å². The van der Waals surface area contributed by atoms with Crippen LogP contribution < -0.4 is 5.73 Å². The van der Waals surface area contributed by atoms with E-state index in [4.69, 9.17) is 5.73 Å². The molecule has 0 unspecified atom stereocenters. The summed E-state index contributed by atoms with van der Waals surface area (Å²) in [5.74, 6) is -0.240. The highest BCUT2D eigenvalue weighted by molar-refractivity contribution is 5.62. The van der Waals surface area contributed by atoms with Gasteiger partial charge in [-0.05, 0) is 23.8 Å². The molecule has 2 rings (SSSR count). The molecule has 2 aromatic rings. The van der Waals surface area contributed by atoms with Gasteiger partial charge in [0.05, 0.1) is 5.69 Å². The number of nitrogens with zero attached hydrogens (tertiary/aromatic N) is 1. The lowest BCUT2D eigenvalue weighted by atomic mass is 10.1. The van der Waals surface area contributed by atoms with Crippen molar-refractivity contribution in [2.24, 2.45) is 5.73 Å². The molecule has 0 aliphatic rings. The largest absolute Gasteiger partial charge is 0.325 e. The van der Waals surface area contributed by atoms with Crippen molar-refractivity contribution in [3.05, 3.63) is 54.1 Å². The lowest BCUT2D eigenvalue weighted by Gasteiger charge is -2.02. The van der Waals surface area contributed by atoms with Crippen molar-refractivity contribution in [2.75, 3.05) is 0 Å². The van der Waals surface area contributed by atoms with Gasteiger partial charge in [-0.2, -0.15) is 0 Å². The highest BCUT2D eigenvalue weighted by Gasteiger charge is 1.99. The van der Waals surface area contributed by atoms with Gasteiger partial charge in [-0.15, -0.1) is 0 Å². The quantitative estimate of drug-likeness (QED) is 0.811. The van der Waals surface area contributed by atoms with Crippen molar-refractivity contribution in [1.82, 2.24) is 4.98 Å². The lowest BCUT2D eigenvalue weighted by Crippen LogP contribution is -1.98. The first-order valence-corrected chi connectivity index (χ1v) is 4.70. The number of halogens is 1. The van der Waals surface area contributed by atoms with Gasteiger partial charge in [0.2, 0.25) is 0 Å². The van der Waals surface area contributed by atoms with Crippen molar-refractivity contribution in [2.45, 2.75) is 6.54 Å². The van der Waals surface area contributed by atoms with Crippen LogP contribution in [-0.4, -0.2) is 4.98 Å². The van der Waals surface area contributed by atoms with E-state index in [1.165, 1.54) is 12.1 Å². The first-order chi connectivity index (χ1) is 7.29. The minimum atomic E-state index is -0.240. The topological polar surface area (TPSA) is 38.9 Å². The monoisotopic (exact) mass is 202 g/mol. The van der Waals surface area contributed by atoms with Crippen LogP contribution in [0.15, 0.2) is 42.6 Å². The van der Waals surface area contributed by atoms with Gasteiger partial charge in [0, 0.05) is 18.3 Å². The highest BCUT2D eigenvalue weighted by atomic mass is 19.1. The number of pyridine rings is 1. The third-order valence-electron chi connectivity index (χ3n) is 2.19. The van der Waals surface area contributed by atoms with E-state index in [-0.39, 0.29) is 5.82 Å². The van der Waals surface area contributed by atoms with E-state index in [9.17, 15) is 4.39 Å². The van der Waals surface area contributed by atoms with Crippen LogP contribution in [0.2, 0.25) is 0 Å². The van der Waals surface area contributed by atoms with Crippen molar-refractivity contribution in [3.63, 3.8) is 0 Å². The van der Waals surface area contributed by atoms with Crippen molar-refractivity contribution in [1.29, 1.82) is 0 Å². The molecule has 0 saturated carbocycles. The molecule has 1 aromatic heterocycles. The number of hydrogen-bond donors (Lipinski definition) is 1. The molecule has 1 heterocycles. The van der Waals surface area contributed by atoms with Crippen LogP contribution in [0.3, 0.4) is 0 Å². The molecule has 0 spiro atoms. The summed E-state index contributed by atoms with van der Waals surface area (Å²) in [7, 11) is 0. The molecule has 0 amide bonds. The predicted molar refractivity (Wildman–Crippen MR) is 57.5 cm³/mol. The summed E-state index contributed by atoms with van der Waals surface area (Å²) in [4.78, 5) is 4.16. The van der Waals surface area contributed by atoms with Crippen molar-refractivity contribution < 1.29 is 4.39 Å². The zero-order valence-electron chi connectivity index (χ0n) is 8.15. The number of aromatic nitrogens is 1. The highest BCUT2D eigenvalue weighted by Crippen LogP contribution is 2.18. The van der Waals surface area contributed by atoms with Crippen LogP contribution in [-0.2, 0) is 6.54 Å². The molecule has 2 nitrogen and oxygen atoms in total. The molecule has 15 heavy (non-hydrogen) atoms. The van der Waals surface area contributed by atoms with Gasteiger partial charge in [-0.3, -0.25) is 4.98 Å². The molecule has 0 bridgehead atoms. The Balaban J connectivity index is 2.37. The average Bonchev–Trinajstić information content (AvgIpc) is 2.29. The van der Waals surface area contributed by atoms with Crippen LogP contribution in [0.4, 0.5) is 4.39 Å². The van der Waals surface area contributed by atoms with Gasteiger partial charge in [-0.25, -0.2) is 4.39 Å². The SMILES string of the molecule is NCc1ccc(-c2cccc(F)c2)cn1. The smallest absolute Gasteiger partial charge is 0.123 e. The van der Waals surface area contributed by atoms with Gasteiger partial charge in [0.15, 0.2) is 0 Å². The Morgan fingerprint density at radius 3 is 2.60 bits per heavy atom. The fraction of sp³-hybridized carbons (Fsp3) is 0.0833. The van der Waals surface area contributed by atoms with Gasteiger partial charge in [0.1, 0.15) is 5.82 Å². The molecular formula is C12H11FN2. The number of hydrogen-bond acceptors (Lipinski definition) is 2. The van der Waals surface area contributed by atoms with Crippen LogP contribution in [0, 0.1) is 5.82 Å². The van der Waals surface area contributed by atoms with Crippen LogP contribution in [0.1, 0.15) is 5.69 Å². The maximum absolute atomic E-state index is 13.0. The minimum Gasteiger partial charge on any atom is -0.325 e. The van der Waals surface area contributed by atoms with Crippen LogP contribution in [0.25, 0.3) is 11.1 Å². The Bertz CT molecular complexity index is 451. The normalized spacial score (nSPS) is 10.3.